The fourth-order valence-electron chi connectivity index (χ4n) is 3.06. The Labute approximate surface area is 138 Å². The highest BCUT2D eigenvalue weighted by atomic mass is 32.2. The third-order valence-corrected chi connectivity index (χ3v) is 4.26. The predicted molar refractivity (Wildman–Crippen MR) is 92.2 cm³/mol. The Morgan fingerprint density at radius 3 is 1.86 bits per heavy atom. The number of likely N-dealkylation sites (tertiary alicyclic amines) is 1. The number of hydrogen-bond donors (Lipinski definition) is 1. The predicted octanol–water partition coefficient (Wildman–Crippen LogP) is 2.60. The van der Waals surface area contributed by atoms with Gasteiger partial charge < -0.3 is 9.45 Å². The standard InChI is InChI=1S/C16H33N.CH4O3S/c1-3-4-5-6-7-8-9-10-11-13-17-14-12-16(2)15-17;1-5(2,3)4/h16H,3-15H2,1-2H3;1H3,(H,2,3,4). The summed E-state index contributed by atoms with van der Waals surface area (Å²) in [5, 5.41) is 0. The zero-order valence-corrected chi connectivity index (χ0v) is 15.7. The lowest BCUT2D eigenvalue weighted by molar-refractivity contribution is -0.889. The third-order valence-electron chi connectivity index (χ3n) is 4.26. The molecule has 0 amide bonds. The van der Waals surface area contributed by atoms with Crippen molar-refractivity contribution in [2.45, 2.75) is 78.1 Å². The Morgan fingerprint density at radius 1 is 1.00 bits per heavy atom. The fourth-order valence-corrected chi connectivity index (χ4v) is 3.06. The zero-order chi connectivity index (χ0) is 16.8. The summed E-state index contributed by atoms with van der Waals surface area (Å²) < 4.78 is 27.2. The summed E-state index contributed by atoms with van der Waals surface area (Å²) in [4.78, 5) is 1.88. The molecule has 0 aromatic carbocycles. The summed E-state index contributed by atoms with van der Waals surface area (Å²) in [6.07, 6.45) is 15.2. The molecular formula is C17H37NO3S. The zero-order valence-electron chi connectivity index (χ0n) is 14.9. The molecule has 1 saturated heterocycles. The number of hydrogen-bond acceptors (Lipinski definition) is 3. The maximum atomic E-state index is 9.08. The average molecular weight is 336 g/mol. The minimum atomic E-state index is -3.92. The van der Waals surface area contributed by atoms with E-state index in [-0.39, 0.29) is 0 Å². The minimum Gasteiger partial charge on any atom is -0.748 e. The maximum Gasteiger partial charge on any atom is 0.0916 e. The molecule has 0 aromatic rings. The quantitative estimate of drug-likeness (QED) is 0.493. The van der Waals surface area contributed by atoms with Crippen molar-refractivity contribution in [3.05, 3.63) is 0 Å². The number of quaternary nitrogens is 1. The third kappa shape index (κ3) is 17.9. The number of rotatable bonds is 10. The Balaban J connectivity index is 0.000000763. The summed E-state index contributed by atoms with van der Waals surface area (Å²) in [5.41, 5.74) is 0. The van der Waals surface area contributed by atoms with Crippen molar-refractivity contribution in [2.24, 2.45) is 5.92 Å². The lowest BCUT2D eigenvalue weighted by Crippen LogP contribution is -3.10. The monoisotopic (exact) mass is 335 g/mol. The van der Waals surface area contributed by atoms with Gasteiger partial charge in [-0.15, -0.1) is 0 Å². The molecule has 2 atom stereocenters. The van der Waals surface area contributed by atoms with Crippen LogP contribution in [0.1, 0.15) is 78.1 Å². The molecule has 0 bridgehead atoms. The molecule has 0 saturated carbocycles. The van der Waals surface area contributed by atoms with Gasteiger partial charge in [0, 0.05) is 18.6 Å². The molecule has 0 aliphatic carbocycles. The topological polar surface area (TPSA) is 61.6 Å². The van der Waals surface area contributed by atoms with E-state index < -0.39 is 10.1 Å². The molecular weight excluding hydrogens is 298 g/mol. The van der Waals surface area contributed by atoms with Gasteiger partial charge in [-0.1, -0.05) is 58.8 Å². The molecule has 1 N–H and O–H groups in total. The Hall–Kier alpha value is -0.130. The van der Waals surface area contributed by atoms with Crippen LogP contribution in [-0.4, -0.2) is 38.9 Å². The second-order valence-electron chi connectivity index (χ2n) is 6.88. The molecule has 1 aliphatic rings. The summed E-state index contributed by atoms with van der Waals surface area (Å²) in [6.45, 7) is 9.03. The molecule has 5 heteroatoms. The van der Waals surface area contributed by atoms with E-state index in [1.165, 1.54) is 83.8 Å². The first-order valence-corrected chi connectivity index (χ1v) is 10.9. The van der Waals surface area contributed by atoms with Crippen LogP contribution in [0.2, 0.25) is 0 Å². The highest BCUT2D eigenvalue weighted by Crippen LogP contribution is 2.09. The molecule has 4 nitrogen and oxygen atoms in total. The molecule has 22 heavy (non-hydrogen) atoms. The normalized spacial score (nSPS) is 21.5. The van der Waals surface area contributed by atoms with Crippen LogP contribution in [0.4, 0.5) is 0 Å². The van der Waals surface area contributed by atoms with Gasteiger partial charge in [-0.3, -0.25) is 0 Å². The number of nitrogens with one attached hydrogen (secondary N) is 1. The van der Waals surface area contributed by atoms with Gasteiger partial charge in [-0.2, -0.15) is 0 Å². The van der Waals surface area contributed by atoms with Crippen LogP contribution in [0.15, 0.2) is 0 Å². The van der Waals surface area contributed by atoms with E-state index in [2.05, 4.69) is 13.8 Å². The molecule has 0 radical (unpaired) electrons. The minimum absolute atomic E-state index is 0.604. The highest BCUT2D eigenvalue weighted by Gasteiger charge is 2.21. The second kappa shape index (κ2) is 13.3. The van der Waals surface area contributed by atoms with Crippen molar-refractivity contribution < 1.29 is 17.9 Å². The molecule has 0 spiro atoms. The Morgan fingerprint density at radius 2 is 1.45 bits per heavy atom. The van der Waals surface area contributed by atoms with Crippen LogP contribution in [0.3, 0.4) is 0 Å². The van der Waals surface area contributed by atoms with Crippen LogP contribution >= 0.6 is 0 Å². The largest absolute Gasteiger partial charge is 0.748 e. The van der Waals surface area contributed by atoms with Crippen molar-refractivity contribution in [3.8, 4) is 0 Å². The van der Waals surface area contributed by atoms with Crippen LogP contribution in [0, 0.1) is 5.92 Å². The Kier molecular flexibility index (Phi) is 13.2. The van der Waals surface area contributed by atoms with E-state index in [0.29, 0.717) is 6.26 Å². The Bertz CT molecular complexity index is 336. The number of unbranched alkanes of at least 4 members (excludes halogenated alkanes) is 8. The van der Waals surface area contributed by atoms with Crippen molar-refractivity contribution in [1.82, 2.24) is 0 Å². The highest BCUT2D eigenvalue weighted by molar-refractivity contribution is 7.84. The van der Waals surface area contributed by atoms with E-state index in [1.807, 2.05) is 4.90 Å². The SMILES string of the molecule is CCCCCCCCCCC[NH+]1CCC(C)C1.CS(=O)(=O)[O-]. The van der Waals surface area contributed by atoms with Gasteiger partial charge >= 0.3 is 0 Å². The average Bonchev–Trinajstić information content (AvgIpc) is 2.81. The lowest BCUT2D eigenvalue weighted by atomic mass is 10.1. The molecule has 1 aliphatic heterocycles. The van der Waals surface area contributed by atoms with Gasteiger partial charge in [0.2, 0.25) is 0 Å². The second-order valence-corrected chi connectivity index (χ2v) is 8.29. The van der Waals surface area contributed by atoms with Gasteiger partial charge in [0.15, 0.2) is 0 Å². The van der Waals surface area contributed by atoms with E-state index >= 15 is 0 Å². The first kappa shape index (κ1) is 21.9. The first-order valence-electron chi connectivity index (χ1n) is 9.07. The van der Waals surface area contributed by atoms with E-state index in [0.717, 1.165) is 5.92 Å². The van der Waals surface area contributed by atoms with Gasteiger partial charge in [-0.25, -0.2) is 8.42 Å². The van der Waals surface area contributed by atoms with Crippen molar-refractivity contribution >= 4 is 10.1 Å². The molecule has 134 valence electrons. The molecule has 1 rings (SSSR count). The van der Waals surface area contributed by atoms with Crippen molar-refractivity contribution in [1.29, 1.82) is 0 Å². The summed E-state index contributed by atoms with van der Waals surface area (Å²) in [6, 6.07) is 0. The van der Waals surface area contributed by atoms with Gasteiger partial charge in [0.05, 0.1) is 29.8 Å². The van der Waals surface area contributed by atoms with Crippen LogP contribution in [-0.2, 0) is 10.1 Å². The van der Waals surface area contributed by atoms with E-state index in [1.54, 1.807) is 0 Å². The molecule has 2 unspecified atom stereocenters. The molecule has 1 heterocycles. The van der Waals surface area contributed by atoms with Crippen LogP contribution in [0.25, 0.3) is 0 Å². The van der Waals surface area contributed by atoms with Crippen molar-refractivity contribution in [2.75, 3.05) is 25.9 Å². The molecule has 0 aromatic heterocycles. The lowest BCUT2D eigenvalue weighted by Gasteiger charge is -2.12. The van der Waals surface area contributed by atoms with Gasteiger partial charge in [0.25, 0.3) is 0 Å². The van der Waals surface area contributed by atoms with Crippen molar-refractivity contribution in [3.63, 3.8) is 0 Å². The van der Waals surface area contributed by atoms with Gasteiger partial charge in [0.1, 0.15) is 0 Å². The van der Waals surface area contributed by atoms with Gasteiger partial charge in [-0.05, 0) is 12.8 Å². The summed E-state index contributed by atoms with van der Waals surface area (Å²) in [7, 11) is -3.92. The summed E-state index contributed by atoms with van der Waals surface area (Å²) in [5.74, 6) is 0.989. The molecule has 1 fully saturated rings. The first-order chi connectivity index (χ1) is 10.3. The fraction of sp³-hybridized carbons (Fsp3) is 1.00. The maximum absolute atomic E-state index is 9.08. The smallest absolute Gasteiger partial charge is 0.0916 e. The van der Waals surface area contributed by atoms with Crippen LogP contribution in [0.5, 0.6) is 0 Å². The van der Waals surface area contributed by atoms with Crippen LogP contribution < -0.4 is 4.90 Å². The summed E-state index contributed by atoms with van der Waals surface area (Å²) >= 11 is 0. The van der Waals surface area contributed by atoms with E-state index in [9.17, 15) is 0 Å². The van der Waals surface area contributed by atoms with E-state index in [4.69, 9.17) is 13.0 Å².